The van der Waals surface area contributed by atoms with E-state index in [-0.39, 0.29) is 40.0 Å². The van der Waals surface area contributed by atoms with Gasteiger partial charge in [-0.2, -0.15) is 0 Å². The number of terminal acetylenes is 1. The molecule has 1 saturated heterocycles. The minimum absolute atomic E-state index is 0.00422. The zero-order valence-electron chi connectivity index (χ0n) is 20.5. The summed E-state index contributed by atoms with van der Waals surface area (Å²) < 4.78 is 20.1. The maximum atomic E-state index is 7.07. The van der Waals surface area contributed by atoms with E-state index >= 15 is 0 Å². The molecule has 5 atom stereocenters. The second kappa shape index (κ2) is 9.57. The van der Waals surface area contributed by atoms with Crippen LogP contribution in [0.15, 0.2) is 30.3 Å². The summed E-state index contributed by atoms with van der Waals surface area (Å²) in [5.74, 6) is 3.43. The Hall–Kier alpha value is -1.12. The minimum Gasteiger partial charge on any atom is -0.390 e. The van der Waals surface area contributed by atoms with E-state index in [9.17, 15) is 0 Å². The number of benzene rings is 1. The number of hydrogen-bond acceptors (Lipinski definition) is 3. The van der Waals surface area contributed by atoms with Gasteiger partial charge < -0.3 is 13.6 Å². The highest BCUT2D eigenvalue weighted by atomic mass is 28.4. The first-order valence-corrected chi connectivity index (χ1v) is 13.1. The van der Waals surface area contributed by atoms with E-state index in [1.807, 2.05) is 18.2 Å². The van der Waals surface area contributed by atoms with Crippen molar-refractivity contribution in [3.63, 3.8) is 0 Å². The smallest absolute Gasteiger partial charge is 0.349 e. The van der Waals surface area contributed by atoms with Crippen LogP contribution in [-0.4, -0.2) is 27.4 Å². The van der Waals surface area contributed by atoms with Crippen LogP contribution in [0.2, 0.25) is 10.1 Å². The van der Waals surface area contributed by atoms with Gasteiger partial charge in [-0.25, -0.2) is 0 Å². The average Bonchev–Trinajstić information content (AvgIpc) is 2.66. The lowest BCUT2D eigenvalue weighted by atomic mass is 9.84. The Morgan fingerprint density at radius 3 is 2.03 bits per heavy atom. The summed E-state index contributed by atoms with van der Waals surface area (Å²) in [4.78, 5) is 0. The standard InChI is InChI=1S/C26H42O3Si/c1-11-19(2)23-21(4)24(20(3)17-27-18-22-15-13-12-14-16-22)29-30(28-23,25(5,6)7)26(8,9)10/h1,12-16,19-21,23-24H,17-18H2,2-10H3/t19-,20-,21-,23-,24-/m0/s1. The first-order chi connectivity index (χ1) is 13.8. The molecule has 4 heteroatoms. The van der Waals surface area contributed by atoms with Crippen molar-refractivity contribution in [3.8, 4) is 12.3 Å². The molecule has 0 amide bonds. The Balaban J connectivity index is 2.28. The minimum atomic E-state index is -2.65. The Labute approximate surface area is 186 Å². The van der Waals surface area contributed by atoms with Crippen LogP contribution in [0.3, 0.4) is 0 Å². The molecule has 1 fully saturated rings. The van der Waals surface area contributed by atoms with E-state index in [1.165, 1.54) is 5.56 Å². The lowest BCUT2D eigenvalue weighted by Crippen LogP contribution is -2.67. The van der Waals surface area contributed by atoms with Gasteiger partial charge in [0, 0.05) is 27.8 Å². The maximum Gasteiger partial charge on any atom is 0.349 e. The van der Waals surface area contributed by atoms with Crippen molar-refractivity contribution in [2.24, 2.45) is 17.8 Å². The van der Waals surface area contributed by atoms with Gasteiger partial charge in [0.25, 0.3) is 0 Å². The van der Waals surface area contributed by atoms with E-state index in [4.69, 9.17) is 20.0 Å². The molecule has 2 rings (SSSR count). The molecule has 0 N–H and O–H groups in total. The quantitative estimate of drug-likeness (QED) is 0.377. The molecule has 1 aromatic rings. The maximum absolute atomic E-state index is 7.07. The summed E-state index contributed by atoms with van der Waals surface area (Å²) in [6.07, 6.45) is 5.91. The molecule has 1 aliphatic heterocycles. The fourth-order valence-electron chi connectivity index (χ4n) is 4.96. The zero-order valence-corrected chi connectivity index (χ0v) is 21.5. The van der Waals surface area contributed by atoms with Gasteiger partial charge in [-0.15, -0.1) is 12.3 Å². The van der Waals surface area contributed by atoms with E-state index < -0.39 is 8.56 Å². The molecule has 1 aromatic carbocycles. The highest BCUT2D eigenvalue weighted by Crippen LogP contribution is 2.57. The van der Waals surface area contributed by atoms with Crippen LogP contribution in [0.1, 0.15) is 67.9 Å². The summed E-state index contributed by atoms with van der Waals surface area (Å²) >= 11 is 0. The molecule has 168 valence electrons. The third kappa shape index (κ3) is 5.19. The Kier molecular flexibility index (Phi) is 8.02. The van der Waals surface area contributed by atoms with Gasteiger partial charge in [0.15, 0.2) is 0 Å². The van der Waals surface area contributed by atoms with Crippen LogP contribution in [0.5, 0.6) is 0 Å². The van der Waals surface area contributed by atoms with Crippen molar-refractivity contribution in [2.45, 2.75) is 91.2 Å². The van der Waals surface area contributed by atoms with Gasteiger partial charge in [0.1, 0.15) is 0 Å². The van der Waals surface area contributed by atoms with E-state index in [2.05, 4.69) is 80.4 Å². The molecule has 3 nitrogen and oxygen atoms in total. The molecule has 0 saturated carbocycles. The Morgan fingerprint density at radius 2 is 1.53 bits per heavy atom. The fourth-order valence-corrected chi connectivity index (χ4v) is 10.3. The second-order valence-electron chi connectivity index (χ2n) is 11.1. The van der Waals surface area contributed by atoms with Gasteiger partial charge in [0.2, 0.25) is 0 Å². The van der Waals surface area contributed by atoms with Crippen LogP contribution in [0, 0.1) is 30.1 Å². The van der Waals surface area contributed by atoms with Crippen LogP contribution in [-0.2, 0) is 20.2 Å². The first kappa shape index (κ1) is 25.1. The van der Waals surface area contributed by atoms with E-state index in [0.717, 1.165) is 0 Å². The summed E-state index contributed by atoms with van der Waals surface area (Å²) in [5.41, 5.74) is 1.19. The summed E-state index contributed by atoms with van der Waals surface area (Å²) in [7, 11) is -2.65. The fraction of sp³-hybridized carbons (Fsp3) is 0.692. The van der Waals surface area contributed by atoms with Crippen LogP contribution < -0.4 is 0 Å². The lowest BCUT2D eigenvalue weighted by Gasteiger charge is -2.58. The normalized spacial score (nSPS) is 26.6. The third-order valence-electron chi connectivity index (χ3n) is 6.42. The Bertz CT molecular complexity index is 697. The molecular formula is C26H42O3Si. The van der Waals surface area contributed by atoms with Crippen LogP contribution >= 0.6 is 0 Å². The summed E-state index contributed by atoms with van der Waals surface area (Å²) in [5, 5.41) is -0.165. The van der Waals surface area contributed by atoms with Gasteiger partial charge in [0.05, 0.1) is 25.4 Å². The average molecular weight is 431 g/mol. The van der Waals surface area contributed by atoms with Crippen molar-refractivity contribution >= 4 is 8.56 Å². The molecular weight excluding hydrogens is 388 g/mol. The highest BCUT2D eigenvalue weighted by molar-refractivity contribution is 6.73. The SMILES string of the molecule is C#C[C@H](C)[C@@H]1O[Si](C(C)(C)C)(C(C)(C)C)O[C@@H]([C@@H](C)COCc2ccccc2)[C@H]1C. The largest absolute Gasteiger partial charge is 0.390 e. The third-order valence-corrected chi connectivity index (χ3v) is 11.6. The van der Waals surface area contributed by atoms with Gasteiger partial charge >= 0.3 is 8.56 Å². The van der Waals surface area contributed by atoms with Crippen molar-refractivity contribution in [3.05, 3.63) is 35.9 Å². The predicted molar refractivity (Wildman–Crippen MR) is 127 cm³/mol. The van der Waals surface area contributed by atoms with Crippen molar-refractivity contribution in [1.29, 1.82) is 0 Å². The van der Waals surface area contributed by atoms with Gasteiger partial charge in [-0.05, 0) is 12.5 Å². The highest BCUT2D eigenvalue weighted by Gasteiger charge is 2.64. The molecule has 1 aliphatic rings. The lowest BCUT2D eigenvalue weighted by molar-refractivity contribution is -0.106. The molecule has 0 aromatic heterocycles. The monoisotopic (exact) mass is 430 g/mol. The van der Waals surface area contributed by atoms with Crippen LogP contribution in [0.25, 0.3) is 0 Å². The van der Waals surface area contributed by atoms with Crippen molar-refractivity contribution in [1.82, 2.24) is 0 Å². The molecule has 1 heterocycles. The molecule has 0 radical (unpaired) electrons. The zero-order chi connectivity index (χ0) is 22.7. The van der Waals surface area contributed by atoms with Crippen LogP contribution in [0.4, 0.5) is 0 Å². The number of rotatable bonds is 6. The Morgan fingerprint density at radius 1 is 1.00 bits per heavy atom. The number of hydrogen-bond donors (Lipinski definition) is 0. The van der Waals surface area contributed by atoms with E-state index in [0.29, 0.717) is 13.2 Å². The molecule has 0 bridgehead atoms. The van der Waals surface area contributed by atoms with Gasteiger partial charge in [-0.1, -0.05) is 85.7 Å². The predicted octanol–water partition coefficient (Wildman–Crippen LogP) is 6.57. The number of ether oxygens (including phenoxy) is 1. The molecule has 0 spiro atoms. The summed E-state index contributed by atoms with van der Waals surface area (Å²) in [6, 6.07) is 10.3. The second-order valence-corrected chi connectivity index (χ2v) is 15.8. The van der Waals surface area contributed by atoms with Crippen molar-refractivity contribution in [2.75, 3.05) is 6.61 Å². The van der Waals surface area contributed by atoms with E-state index in [1.54, 1.807) is 0 Å². The van der Waals surface area contributed by atoms with Crippen molar-refractivity contribution < 1.29 is 13.6 Å². The molecule has 30 heavy (non-hydrogen) atoms. The summed E-state index contributed by atoms with van der Waals surface area (Å²) in [6.45, 7) is 21.4. The molecule has 0 unspecified atom stereocenters. The van der Waals surface area contributed by atoms with Gasteiger partial charge in [-0.3, -0.25) is 0 Å². The molecule has 0 aliphatic carbocycles. The topological polar surface area (TPSA) is 27.7 Å². The first-order valence-electron chi connectivity index (χ1n) is 11.3.